The summed E-state index contributed by atoms with van der Waals surface area (Å²) in [4.78, 5) is 12.2. The molecule has 8 heteroatoms. The van der Waals surface area contributed by atoms with Crippen LogP contribution in [0.4, 0.5) is 0 Å². The molecule has 0 saturated carbocycles. The molecule has 2 aromatic rings. The van der Waals surface area contributed by atoms with E-state index in [1.165, 1.54) is 4.88 Å². The van der Waals surface area contributed by atoms with Crippen LogP contribution in [0.2, 0.25) is 0 Å². The Hall–Kier alpha value is -1.13. The van der Waals surface area contributed by atoms with Crippen molar-refractivity contribution in [1.82, 2.24) is 20.5 Å². The molecule has 2 aromatic heterocycles. The van der Waals surface area contributed by atoms with E-state index in [0.29, 0.717) is 6.54 Å². The molecule has 0 aromatic carbocycles. The number of nitrogens with one attached hydrogen (secondary N) is 2. The Labute approximate surface area is 171 Å². The third kappa shape index (κ3) is 6.59. The van der Waals surface area contributed by atoms with Crippen molar-refractivity contribution in [2.45, 2.75) is 33.4 Å². The summed E-state index contributed by atoms with van der Waals surface area (Å²) in [6.45, 7) is 9.73. The predicted octanol–water partition coefficient (Wildman–Crippen LogP) is 3.41. The van der Waals surface area contributed by atoms with Crippen LogP contribution >= 0.6 is 35.3 Å². The Bertz CT molecular complexity index is 625. The summed E-state index contributed by atoms with van der Waals surface area (Å²) in [5, 5.41) is 7.77. The number of nitrogens with zero attached hydrogens (tertiary/aromatic N) is 3. The highest BCUT2D eigenvalue weighted by atomic mass is 127. The van der Waals surface area contributed by atoms with Gasteiger partial charge in [-0.2, -0.15) is 0 Å². The fourth-order valence-corrected chi connectivity index (χ4v) is 3.34. The number of guanidine groups is 1. The zero-order chi connectivity index (χ0) is 17.4. The highest BCUT2D eigenvalue weighted by Crippen LogP contribution is 2.20. The molecule has 0 amide bonds. The molecule has 0 aliphatic carbocycles. The van der Waals surface area contributed by atoms with Gasteiger partial charge in [-0.15, -0.1) is 35.3 Å². The van der Waals surface area contributed by atoms with Gasteiger partial charge < -0.3 is 15.1 Å². The van der Waals surface area contributed by atoms with E-state index in [9.17, 15) is 0 Å². The van der Waals surface area contributed by atoms with Gasteiger partial charge in [-0.1, -0.05) is 13.8 Å². The zero-order valence-electron chi connectivity index (χ0n) is 15.3. The Morgan fingerprint density at radius 2 is 2.12 bits per heavy atom. The number of furan rings is 1. The summed E-state index contributed by atoms with van der Waals surface area (Å²) in [7, 11) is 1.78. The highest BCUT2D eigenvalue weighted by molar-refractivity contribution is 14.0. The van der Waals surface area contributed by atoms with Crippen LogP contribution in [0.25, 0.3) is 0 Å². The minimum atomic E-state index is 0. The normalized spacial score (nSPS) is 12.8. The van der Waals surface area contributed by atoms with E-state index in [2.05, 4.69) is 46.3 Å². The van der Waals surface area contributed by atoms with Crippen molar-refractivity contribution in [1.29, 1.82) is 0 Å². The summed E-state index contributed by atoms with van der Waals surface area (Å²) in [5.74, 6) is 1.74. The molecule has 0 aliphatic heterocycles. The van der Waals surface area contributed by atoms with E-state index >= 15 is 0 Å². The number of aromatic nitrogens is 1. The van der Waals surface area contributed by atoms with Crippen LogP contribution in [-0.2, 0) is 6.54 Å². The third-order valence-electron chi connectivity index (χ3n) is 3.89. The highest BCUT2D eigenvalue weighted by Gasteiger charge is 2.20. The van der Waals surface area contributed by atoms with E-state index in [-0.39, 0.29) is 30.0 Å². The maximum Gasteiger partial charge on any atom is 0.191 e. The maximum atomic E-state index is 5.63. The number of hydrogen-bond acceptors (Lipinski definition) is 5. The zero-order valence-corrected chi connectivity index (χ0v) is 18.4. The van der Waals surface area contributed by atoms with Crippen LogP contribution in [0, 0.1) is 6.92 Å². The lowest BCUT2D eigenvalue weighted by atomic mass is 10.2. The van der Waals surface area contributed by atoms with Gasteiger partial charge >= 0.3 is 0 Å². The molecule has 0 aliphatic rings. The van der Waals surface area contributed by atoms with Gasteiger partial charge in [0.25, 0.3) is 0 Å². The molecule has 2 rings (SSSR count). The Balaban J connectivity index is 0.00000312. The number of aryl methyl sites for hydroxylation is 1. The van der Waals surface area contributed by atoms with Gasteiger partial charge in [0.15, 0.2) is 5.96 Å². The lowest BCUT2D eigenvalue weighted by molar-refractivity contribution is 0.193. The van der Waals surface area contributed by atoms with Crippen molar-refractivity contribution in [2.75, 3.05) is 26.7 Å². The smallest absolute Gasteiger partial charge is 0.191 e. The van der Waals surface area contributed by atoms with Crippen LogP contribution in [0.3, 0.4) is 0 Å². The quantitative estimate of drug-likeness (QED) is 0.347. The minimum Gasteiger partial charge on any atom is -0.468 e. The fraction of sp³-hybridized carbons (Fsp3) is 0.529. The monoisotopic (exact) mass is 477 g/mol. The Morgan fingerprint density at radius 3 is 2.64 bits per heavy atom. The van der Waals surface area contributed by atoms with E-state index < -0.39 is 0 Å². The lowest BCUT2D eigenvalue weighted by Gasteiger charge is -2.28. The van der Waals surface area contributed by atoms with Crippen molar-refractivity contribution in [2.24, 2.45) is 4.99 Å². The molecule has 1 unspecified atom stereocenters. The summed E-state index contributed by atoms with van der Waals surface area (Å²) in [6, 6.07) is 4.14. The van der Waals surface area contributed by atoms with Gasteiger partial charge in [0.2, 0.25) is 0 Å². The molecule has 25 heavy (non-hydrogen) atoms. The molecule has 1 atom stereocenters. The molecule has 0 fully saturated rings. The first kappa shape index (κ1) is 21.9. The second kappa shape index (κ2) is 11.5. The van der Waals surface area contributed by atoms with Crippen LogP contribution < -0.4 is 10.6 Å². The van der Waals surface area contributed by atoms with Crippen molar-refractivity contribution >= 4 is 41.3 Å². The van der Waals surface area contributed by atoms with Gasteiger partial charge in [0.1, 0.15) is 10.8 Å². The van der Waals surface area contributed by atoms with Crippen LogP contribution in [0.5, 0.6) is 0 Å². The Kier molecular flexibility index (Phi) is 10.1. The number of rotatable bonds is 8. The first-order valence-corrected chi connectivity index (χ1v) is 9.12. The predicted molar refractivity (Wildman–Crippen MR) is 115 cm³/mol. The maximum absolute atomic E-state index is 5.63. The molecular weight excluding hydrogens is 449 g/mol. The van der Waals surface area contributed by atoms with Gasteiger partial charge in [-0.3, -0.25) is 9.89 Å². The second-order valence-corrected chi connectivity index (χ2v) is 6.74. The summed E-state index contributed by atoms with van der Waals surface area (Å²) < 4.78 is 5.63. The SMILES string of the molecule is CCN(CC)C(CNC(=NC)NCc1ncc(C)s1)c1ccco1.I. The van der Waals surface area contributed by atoms with E-state index in [4.69, 9.17) is 4.42 Å². The standard InChI is InChI=1S/C17H27N5OS.HI/c1-5-22(6-2)14(15-8-7-9-23-15)11-20-17(18-4)21-12-16-19-10-13(3)24-16;/h7-10,14H,5-6,11-12H2,1-4H3,(H2,18,20,21);1H. The number of halogens is 1. The van der Waals surface area contributed by atoms with Crippen LogP contribution in [0.15, 0.2) is 34.0 Å². The van der Waals surface area contributed by atoms with Crippen molar-refractivity contribution in [3.05, 3.63) is 40.2 Å². The number of hydrogen-bond donors (Lipinski definition) is 2. The van der Waals surface area contributed by atoms with Crippen LogP contribution in [0.1, 0.15) is 35.5 Å². The van der Waals surface area contributed by atoms with Crippen molar-refractivity contribution < 1.29 is 4.42 Å². The van der Waals surface area contributed by atoms with Gasteiger partial charge in [0, 0.05) is 24.7 Å². The lowest BCUT2D eigenvalue weighted by Crippen LogP contribution is -2.42. The fourth-order valence-electron chi connectivity index (χ4n) is 2.61. The topological polar surface area (TPSA) is 65.7 Å². The number of thiazole rings is 1. The molecule has 0 saturated heterocycles. The van der Waals surface area contributed by atoms with Gasteiger partial charge in [0.05, 0.1) is 18.8 Å². The summed E-state index contributed by atoms with van der Waals surface area (Å²) in [5.41, 5.74) is 0. The first-order valence-electron chi connectivity index (χ1n) is 8.31. The molecular formula is C17H28IN5OS. The molecule has 2 heterocycles. The third-order valence-corrected chi connectivity index (χ3v) is 4.80. The van der Waals surface area contributed by atoms with Gasteiger partial charge in [-0.05, 0) is 32.1 Å². The summed E-state index contributed by atoms with van der Waals surface area (Å²) >= 11 is 1.70. The number of likely N-dealkylation sites (N-methyl/N-ethyl adjacent to an activating group) is 1. The summed E-state index contributed by atoms with van der Waals surface area (Å²) in [6.07, 6.45) is 3.62. The average Bonchev–Trinajstić information content (AvgIpc) is 3.25. The second-order valence-electron chi connectivity index (χ2n) is 5.42. The molecule has 0 bridgehead atoms. The Morgan fingerprint density at radius 1 is 1.36 bits per heavy atom. The minimum absolute atomic E-state index is 0. The van der Waals surface area contributed by atoms with Crippen molar-refractivity contribution in [3.8, 4) is 0 Å². The van der Waals surface area contributed by atoms with Crippen LogP contribution in [-0.4, -0.2) is 42.5 Å². The largest absolute Gasteiger partial charge is 0.468 e. The van der Waals surface area contributed by atoms with E-state index in [1.54, 1.807) is 24.6 Å². The molecule has 6 nitrogen and oxygen atoms in total. The average molecular weight is 477 g/mol. The van der Waals surface area contributed by atoms with Gasteiger partial charge in [-0.25, -0.2) is 4.98 Å². The van der Waals surface area contributed by atoms with E-state index in [0.717, 1.165) is 36.4 Å². The molecule has 0 radical (unpaired) electrons. The molecule has 140 valence electrons. The van der Waals surface area contributed by atoms with E-state index in [1.807, 2.05) is 18.3 Å². The molecule has 2 N–H and O–H groups in total. The first-order chi connectivity index (χ1) is 11.7. The van der Waals surface area contributed by atoms with Crippen molar-refractivity contribution in [3.63, 3.8) is 0 Å². The number of aliphatic imine (C=N–C) groups is 1. The molecule has 0 spiro atoms.